The van der Waals surface area contributed by atoms with E-state index in [2.05, 4.69) is 15.5 Å². The molecule has 0 aliphatic carbocycles. The Morgan fingerprint density at radius 1 is 1.20 bits per heavy atom. The van der Waals surface area contributed by atoms with E-state index in [4.69, 9.17) is 25.3 Å². The predicted molar refractivity (Wildman–Crippen MR) is 109 cm³/mol. The maximum Gasteiger partial charge on any atom is 0.339 e. The molecule has 4 aromatic rings. The monoisotopic (exact) mass is 425 g/mol. The first-order chi connectivity index (χ1) is 14.4. The molecule has 0 saturated heterocycles. The van der Waals surface area contributed by atoms with Crippen LogP contribution < -0.4 is 5.32 Å². The van der Waals surface area contributed by atoms with Crippen LogP contribution in [0, 0.1) is 13.8 Å². The molecule has 0 atom stereocenters. The Hall–Kier alpha value is -3.65. The molecule has 0 bridgehead atoms. The van der Waals surface area contributed by atoms with E-state index in [0.717, 1.165) is 5.56 Å². The second-order valence-electron chi connectivity index (χ2n) is 6.59. The molecule has 1 N–H and O–H groups in total. The van der Waals surface area contributed by atoms with Crippen LogP contribution in [-0.4, -0.2) is 28.6 Å². The van der Waals surface area contributed by atoms with Crippen molar-refractivity contribution in [3.63, 3.8) is 0 Å². The third kappa shape index (κ3) is 3.90. The Labute approximate surface area is 175 Å². The number of aromatic nitrogens is 2. The lowest BCUT2D eigenvalue weighted by Gasteiger charge is -2.09. The summed E-state index contributed by atoms with van der Waals surface area (Å²) in [6.45, 7) is 3.08. The Morgan fingerprint density at radius 3 is 2.77 bits per heavy atom. The Kier molecular flexibility index (Phi) is 5.24. The van der Waals surface area contributed by atoms with E-state index in [9.17, 15) is 9.59 Å². The number of hydrogen-bond acceptors (Lipinski definition) is 7. The quantitative estimate of drug-likeness (QED) is 0.467. The van der Waals surface area contributed by atoms with Crippen LogP contribution in [0.1, 0.15) is 21.6 Å². The van der Waals surface area contributed by atoms with Crippen LogP contribution in [0.15, 0.2) is 51.6 Å². The standard InChI is InChI=1S/C21H16ClN3O5/c1-11-5-6-15(14(22)8-11)23-18(26)10-29-21(27)13-9-16(17-4-3-7-28-17)24-20-19(13)12(2)25-30-20/h3-9H,10H2,1-2H3,(H,23,26). The minimum absolute atomic E-state index is 0.171. The second-order valence-corrected chi connectivity index (χ2v) is 7.00. The maximum atomic E-state index is 12.7. The highest BCUT2D eigenvalue weighted by Crippen LogP contribution is 2.28. The zero-order valence-electron chi connectivity index (χ0n) is 16.1. The smallest absolute Gasteiger partial charge is 0.339 e. The lowest BCUT2D eigenvalue weighted by atomic mass is 10.1. The highest BCUT2D eigenvalue weighted by molar-refractivity contribution is 6.33. The number of carbonyl (C=O) groups excluding carboxylic acids is 2. The van der Waals surface area contributed by atoms with E-state index in [1.165, 1.54) is 12.3 Å². The molecule has 0 aliphatic rings. The molecular formula is C21H16ClN3O5. The largest absolute Gasteiger partial charge is 0.463 e. The molecule has 1 aromatic carbocycles. The molecule has 0 aliphatic heterocycles. The number of anilines is 1. The van der Waals surface area contributed by atoms with Gasteiger partial charge in [-0.05, 0) is 49.7 Å². The van der Waals surface area contributed by atoms with Gasteiger partial charge in [0.25, 0.3) is 11.6 Å². The molecule has 8 nitrogen and oxygen atoms in total. The summed E-state index contributed by atoms with van der Waals surface area (Å²) in [4.78, 5) is 29.3. The number of benzene rings is 1. The van der Waals surface area contributed by atoms with Gasteiger partial charge >= 0.3 is 5.97 Å². The zero-order valence-corrected chi connectivity index (χ0v) is 16.8. The van der Waals surface area contributed by atoms with Gasteiger partial charge in [-0.25, -0.2) is 9.78 Å². The van der Waals surface area contributed by atoms with E-state index < -0.39 is 18.5 Å². The molecule has 4 rings (SSSR count). The van der Waals surface area contributed by atoms with Gasteiger partial charge in [-0.2, -0.15) is 0 Å². The minimum Gasteiger partial charge on any atom is -0.463 e. The van der Waals surface area contributed by atoms with Crippen molar-refractivity contribution in [2.24, 2.45) is 0 Å². The molecule has 9 heteroatoms. The number of nitrogens with one attached hydrogen (secondary N) is 1. The minimum atomic E-state index is -0.716. The molecular weight excluding hydrogens is 410 g/mol. The number of rotatable bonds is 5. The van der Waals surface area contributed by atoms with E-state index in [-0.39, 0.29) is 11.3 Å². The van der Waals surface area contributed by atoms with E-state index in [1.54, 1.807) is 31.2 Å². The molecule has 3 heterocycles. The summed E-state index contributed by atoms with van der Waals surface area (Å²) in [5.41, 5.74) is 2.60. The number of ether oxygens (including phenoxy) is 1. The SMILES string of the molecule is Cc1ccc(NC(=O)COC(=O)c2cc(-c3ccco3)nc3onc(C)c23)c(Cl)c1. The molecule has 0 radical (unpaired) electrons. The van der Waals surface area contributed by atoms with Gasteiger partial charge in [0.15, 0.2) is 12.4 Å². The van der Waals surface area contributed by atoms with Gasteiger partial charge in [-0.15, -0.1) is 0 Å². The Balaban J connectivity index is 1.54. The van der Waals surface area contributed by atoms with Crippen molar-refractivity contribution >= 4 is 40.3 Å². The van der Waals surface area contributed by atoms with Crippen molar-refractivity contribution < 1.29 is 23.3 Å². The fourth-order valence-electron chi connectivity index (χ4n) is 2.92. The molecule has 30 heavy (non-hydrogen) atoms. The van der Waals surface area contributed by atoms with Crippen LogP contribution >= 0.6 is 11.6 Å². The van der Waals surface area contributed by atoms with Gasteiger partial charge in [0.05, 0.1) is 33.6 Å². The molecule has 3 aromatic heterocycles. The molecule has 0 spiro atoms. The van der Waals surface area contributed by atoms with Crippen molar-refractivity contribution in [1.82, 2.24) is 10.1 Å². The number of furan rings is 1. The lowest BCUT2D eigenvalue weighted by Crippen LogP contribution is -2.21. The van der Waals surface area contributed by atoms with Crippen LogP contribution in [0.25, 0.3) is 22.6 Å². The number of amides is 1. The van der Waals surface area contributed by atoms with Gasteiger partial charge in [-0.3, -0.25) is 4.79 Å². The average Bonchev–Trinajstić information content (AvgIpc) is 3.38. The first-order valence-electron chi connectivity index (χ1n) is 8.96. The topological polar surface area (TPSA) is 107 Å². The number of esters is 1. The van der Waals surface area contributed by atoms with Crippen molar-refractivity contribution in [1.29, 1.82) is 0 Å². The third-order valence-electron chi connectivity index (χ3n) is 4.34. The number of aryl methyl sites for hydroxylation is 2. The highest BCUT2D eigenvalue weighted by Gasteiger charge is 2.22. The lowest BCUT2D eigenvalue weighted by molar-refractivity contribution is -0.119. The summed E-state index contributed by atoms with van der Waals surface area (Å²) in [7, 11) is 0. The Bertz CT molecular complexity index is 1250. The predicted octanol–water partition coefficient (Wildman–Crippen LogP) is 4.55. The zero-order chi connectivity index (χ0) is 21.3. The summed E-state index contributed by atoms with van der Waals surface area (Å²) < 4.78 is 15.8. The third-order valence-corrected chi connectivity index (χ3v) is 4.66. The van der Waals surface area contributed by atoms with Crippen LogP contribution in [0.5, 0.6) is 0 Å². The average molecular weight is 426 g/mol. The molecule has 0 fully saturated rings. The van der Waals surface area contributed by atoms with Crippen LogP contribution in [0.3, 0.4) is 0 Å². The van der Waals surface area contributed by atoms with Crippen molar-refractivity contribution in [3.8, 4) is 11.5 Å². The van der Waals surface area contributed by atoms with Crippen LogP contribution in [0.4, 0.5) is 5.69 Å². The fourth-order valence-corrected chi connectivity index (χ4v) is 3.21. The number of fused-ring (bicyclic) bond motifs is 1. The summed E-state index contributed by atoms with van der Waals surface area (Å²) in [5.74, 6) is -0.786. The normalized spacial score (nSPS) is 10.9. The number of carbonyl (C=O) groups is 2. The van der Waals surface area contributed by atoms with Gasteiger partial charge in [0.1, 0.15) is 5.69 Å². The van der Waals surface area contributed by atoms with Crippen molar-refractivity contribution in [3.05, 3.63) is 64.5 Å². The number of halogens is 1. The number of hydrogen-bond donors (Lipinski definition) is 1. The first-order valence-corrected chi connectivity index (χ1v) is 9.34. The van der Waals surface area contributed by atoms with Crippen molar-refractivity contribution in [2.75, 3.05) is 11.9 Å². The molecule has 0 unspecified atom stereocenters. The first kappa shape index (κ1) is 19.7. The summed E-state index contributed by atoms with van der Waals surface area (Å²) >= 11 is 6.11. The van der Waals surface area contributed by atoms with E-state index >= 15 is 0 Å². The van der Waals surface area contributed by atoms with Gasteiger partial charge in [0, 0.05) is 0 Å². The van der Waals surface area contributed by atoms with E-state index in [0.29, 0.717) is 33.2 Å². The fraction of sp³-hybridized carbons (Fsp3) is 0.143. The highest BCUT2D eigenvalue weighted by atomic mass is 35.5. The maximum absolute atomic E-state index is 12.7. The number of pyridine rings is 1. The molecule has 0 saturated carbocycles. The van der Waals surface area contributed by atoms with Gasteiger partial charge < -0.3 is 19.0 Å². The van der Waals surface area contributed by atoms with Gasteiger partial charge in [-0.1, -0.05) is 22.8 Å². The van der Waals surface area contributed by atoms with E-state index in [1.807, 2.05) is 13.0 Å². The Morgan fingerprint density at radius 2 is 2.03 bits per heavy atom. The summed E-state index contributed by atoms with van der Waals surface area (Å²) in [6.07, 6.45) is 1.49. The van der Waals surface area contributed by atoms with Crippen LogP contribution in [0.2, 0.25) is 5.02 Å². The van der Waals surface area contributed by atoms with Crippen molar-refractivity contribution in [2.45, 2.75) is 13.8 Å². The number of nitrogens with zero attached hydrogens (tertiary/aromatic N) is 2. The summed E-state index contributed by atoms with van der Waals surface area (Å²) in [6, 6.07) is 10.1. The molecule has 152 valence electrons. The van der Waals surface area contributed by atoms with Gasteiger partial charge in [0.2, 0.25) is 0 Å². The second kappa shape index (κ2) is 8.00. The molecule has 1 amide bonds. The summed E-state index contributed by atoms with van der Waals surface area (Å²) in [5, 5.41) is 7.29. The van der Waals surface area contributed by atoms with Crippen LogP contribution in [-0.2, 0) is 9.53 Å².